The molecule has 1 aromatic carbocycles. The van der Waals surface area contributed by atoms with Crippen molar-refractivity contribution in [3.63, 3.8) is 0 Å². The number of likely N-dealkylation sites (N-methyl/N-ethyl adjacent to an activating group) is 2. The van der Waals surface area contributed by atoms with Crippen LogP contribution in [0.15, 0.2) is 36.4 Å². The number of alkyl halides is 3. The first kappa shape index (κ1) is 26.7. The van der Waals surface area contributed by atoms with Crippen LogP contribution in [0.5, 0.6) is 0 Å². The van der Waals surface area contributed by atoms with Gasteiger partial charge in [-0.05, 0) is 36.8 Å². The fraction of sp³-hybridized carbons (Fsp3) is 0.381. The quantitative estimate of drug-likeness (QED) is 0.534. The average Bonchev–Trinajstić information content (AvgIpc) is 2.73. The summed E-state index contributed by atoms with van der Waals surface area (Å²) in [6.07, 6.45) is -5.66. The minimum absolute atomic E-state index is 0.0628. The number of nitrogens with zero attached hydrogens (tertiary/aromatic N) is 3. The first-order chi connectivity index (χ1) is 15.3. The molecule has 0 saturated heterocycles. The van der Waals surface area contributed by atoms with Gasteiger partial charge in [-0.2, -0.15) is 13.2 Å². The van der Waals surface area contributed by atoms with E-state index in [2.05, 4.69) is 10.3 Å². The molecule has 2 aromatic rings. The summed E-state index contributed by atoms with van der Waals surface area (Å²) < 4.78 is 38.3. The number of nitrogens with one attached hydrogen (secondary N) is 1. The molecule has 0 saturated carbocycles. The lowest BCUT2D eigenvalue weighted by molar-refractivity contribution is -0.141. The second-order valence-corrected chi connectivity index (χ2v) is 8.29. The van der Waals surface area contributed by atoms with Crippen LogP contribution in [0, 0.1) is 0 Å². The molecule has 0 aliphatic carbocycles. The minimum Gasteiger partial charge on any atom is -0.393 e. The number of amides is 3. The molecule has 1 aromatic heterocycles. The van der Waals surface area contributed by atoms with E-state index in [1.807, 2.05) is 0 Å². The van der Waals surface area contributed by atoms with Gasteiger partial charge in [-0.3, -0.25) is 4.79 Å². The van der Waals surface area contributed by atoms with Crippen LogP contribution < -0.4 is 5.32 Å². The zero-order valence-electron chi connectivity index (χ0n) is 18.0. The van der Waals surface area contributed by atoms with Gasteiger partial charge < -0.3 is 20.2 Å². The van der Waals surface area contributed by atoms with E-state index in [9.17, 15) is 27.9 Å². The van der Waals surface area contributed by atoms with Gasteiger partial charge in [0.1, 0.15) is 11.7 Å². The SMILES string of the molecule is CC(O)CC(C(=O)N(C)Cc1ccc(Cl)cc1)N(C)C(=O)Nc1ccc(C(F)(F)F)nc1Cl. The number of urea groups is 1. The highest BCUT2D eigenvalue weighted by molar-refractivity contribution is 6.32. The standard InChI is InChI=1S/C21H23Cl2F3N4O3/c1-12(31)10-16(19(32)29(2)11-13-4-6-14(22)7-5-13)30(3)20(33)27-15-8-9-17(21(24,25)26)28-18(15)23/h4-9,12,16,31H,10-11H2,1-3H3,(H,27,33). The molecule has 0 radical (unpaired) electrons. The van der Waals surface area contributed by atoms with E-state index >= 15 is 0 Å². The van der Waals surface area contributed by atoms with Crippen LogP contribution in [0.1, 0.15) is 24.6 Å². The molecule has 2 unspecified atom stereocenters. The number of rotatable bonds is 7. The first-order valence-electron chi connectivity index (χ1n) is 9.74. The van der Waals surface area contributed by atoms with Gasteiger partial charge in [0, 0.05) is 32.1 Å². The fourth-order valence-corrected chi connectivity index (χ4v) is 3.30. The zero-order chi connectivity index (χ0) is 24.9. The lowest BCUT2D eigenvalue weighted by Crippen LogP contribution is -2.50. The molecule has 0 spiro atoms. The maximum Gasteiger partial charge on any atom is 0.433 e. The Bertz CT molecular complexity index is 988. The predicted octanol–water partition coefficient (Wildman–Crippen LogP) is 4.67. The number of aliphatic hydroxyl groups is 1. The van der Waals surface area contributed by atoms with Crippen molar-refractivity contribution in [2.75, 3.05) is 19.4 Å². The van der Waals surface area contributed by atoms with Crippen LogP contribution in [-0.2, 0) is 17.5 Å². The Labute approximate surface area is 199 Å². The summed E-state index contributed by atoms with van der Waals surface area (Å²) in [6, 6.07) is 6.67. The van der Waals surface area contributed by atoms with Gasteiger partial charge in [0.25, 0.3) is 0 Å². The molecule has 2 N–H and O–H groups in total. The number of hydrogen-bond acceptors (Lipinski definition) is 4. The number of benzene rings is 1. The Balaban J connectivity index is 2.16. The Hall–Kier alpha value is -2.56. The van der Waals surface area contributed by atoms with Gasteiger partial charge in [0.05, 0.1) is 11.8 Å². The molecular formula is C21H23Cl2F3N4O3. The van der Waals surface area contributed by atoms with Gasteiger partial charge in [-0.1, -0.05) is 35.3 Å². The molecule has 3 amide bonds. The highest BCUT2D eigenvalue weighted by Crippen LogP contribution is 2.31. The summed E-state index contributed by atoms with van der Waals surface area (Å²) >= 11 is 11.7. The molecule has 1 heterocycles. The lowest BCUT2D eigenvalue weighted by atomic mass is 10.1. The molecule has 7 nitrogen and oxygen atoms in total. The van der Waals surface area contributed by atoms with Crippen molar-refractivity contribution in [2.45, 2.75) is 38.2 Å². The summed E-state index contributed by atoms with van der Waals surface area (Å²) in [6.45, 7) is 1.71. The van der Waals surface area contributed by atoms with Crippen molar-refractivity contribution in [3.05, 3.63) is 57.8 Å². The van der Waals surface area contributed by atoms with Crippen LogP contribution in [0.3, 0.4) is 0 Å². The van der Waals surface area contributed by atoms with Gasteiger partial charge in [0.2, 0.25) is 5.91 Å². The normalized spacial score (nSPS) is 13.2. The number of carbonyl (C=O) groups is 2. The molecular weight excluding hydrogens is 484 g/mol. The summed E-state index contributed by atoms with van der Waals surface area (Å²) in [5.74, 6) is -0.444. The molecule has 2 rings (SSSR count). The number of carbonyl (C=O) groups excluding carboxylic acids is 2. The van der Waals surface area contributed by atoms with E-state index < -0.39 is 41.1 Å². The molecule has 33 heavy (non-hydrogen) atoms. The summed E-state index contributed by atoms with van der Waals surface area (Å²) in [4.78, 5) is 31.5. The van der Waals surface area contributed by atoms with Crippen molar-refractivity contribution in [3.8, 4) is 0 Å². The third-order valence-electron chi connectivity index (χ3n) is 4.73. The average molecular weight is 507 g/mol. The van der Waals surface area contributed by atoms with Crippen molar-refractivity contribution in [2.24, 2.45) is 0 Å². The van der Waals surface area contributed by atoms with E-state index in [0.717, 1.165) is 16.5 Å². The number of aliphatic hydroxyl groups excluding tert-OH is 1. The molecule has 0 aliphatic heterocycles. The Morgan fingerprint density at radius 3 is 2.24 bits per heavy atom. The van der Waals surface area contributed by atoms with Crippen LogP contribution >= 0.6 is 23.2 Å². The number of pyridine rings is 1. The van der Waals surface area contributed by atoms with E-state index in [1.54, 1.807) is 31.3 Å². The van der Waals surface area contributed by atoms with Crippen molar-refractivity contribution in [1.29, 1.82) is 0 Å². The monoisotopic (exact) mass is 506 g/mol. The number of hydrogen-bond donors (Lipinski definition) is 2. The third-order valence-corrected chi connectivity index (χ3v) is 5.27. The van der Waals surface area contributed by atoms with Gasteiger partial charge in [-0.25, -0.2) is 9.78 Å². The minimum atomic E-state index is -4.69. The summed E-state index contributed by atoms with van der Waals surface area (Å²) in [5, 5.41) is 12.2. The molecule has 0 aliphatic rings. The topological polar surface area (TPSA) is 85.8 Å². The second-order valence-electron chi connectivity index (χ2n) is 7.49. The maximum absolute atomic E-state index is 13.1. The van der Waals surface area contributed by atoms with Gasteiger partial charge in [0.15, 0.2) is 5.15 Å². The molecule has 12 heteroatoms. The molecule has 0 bridgehead atoms. The van der Waals surface area contributed by atoms with E-state index in [1.165, 1.54) is 18.9 Å². The highest BCUT2D eigenvalue weighted by Gasteiger charge is 2.34. The van der Waals surface area contributed by atoms with Crippen LogP contribution in [-0.4, -0.2) is 58.1 Å². The van der Waals surface area contributed by atoms with Gasteiger partial charge >= 0.3 is 12.2 Å². The van der Waals surface area contributed by atoms with Crippen LogP contribution in [0.2, 0.25) is 10.2 Å². The molecule has 0 fully saturated rings. The van der Waals surface area contributed by atoms with E-state index in [0.29, 0.717) is 11.1 Å². The van der Waals surface area contributed by atoms with Gasteiger partial charge in [-0.15, -0.1) is 0 Å². The fourth-order valence-electron chi connectivity index (χ4n) is 2.97. The largest absolute Gasteiger partial charge is 0.433 e. The summed E-state index contributed by atoms with van der Waals surface area (Å²) in [5.41, 5.74) is -0.551. The smallest absolute Gasteiger partial charge is 0.393 e. The van der Waals surface area contributed by atoms with Crippen molar-refractivity contribution < 1.29 is 27.9 Å². The number of aromatic nitrogens is 1. The summed E-state index contributed by atoms with van der Waals surface area (Å²) in [7, 11) is 2.89. The van der Waals surface area contributed by atoms with Crippen LogP contribution in [0.25, 0.3) is 0 Å². The van der Waals surface area contributed by atoms with Crippen LogP contribution in [0.4, 0.5) is 23.7 Å². The zero-order valence-corrected chi connectivity index (χ0v) is 19.5. The first-order valence-corrected chi connectivity index (χ1v) is 10.5. The Morgan fingerprint density at radius 2 is 1.73 bits per heavy atom. The lowest BCUT2D eigenvalue weighted by Gasteiger charge is -2.31. The second kappa shape index (κ2) is 11.0. The molecule has 2 atom stereocenters. The van der Waals surface area contributed by atoms with Crippen molar-refractivity contribution in [1.82, 2.24) is 14.8 Å². The predicted molar refractivity (Wildman–Crippen MR) is 119 cm³/mol. The maximum atomic E-state index is 13.1. The molecule has 180 valence electrons. The van der Waals surface area contributed by atoms with Crippen molar-refractivity contribution >= 4 is 40.8 Å². The Morgan fingerprint density at radius 1 is 1.12 bits per heavy atom. The Kier molecular flexibility index (Phi) is 8.93. The van der Waals surface area contributed by atoms with E-state index in [4.69, 9.17) is 23.2 Å². The third kappa shape index (κ3) is 7.48. The van der Waals surface area contributed by atoms with E-state index in [-0.39, 0.29) is 18.7 Å². The highest BCUT2D eigenvalue weighted by atomic mass is 35.5. The number of anilines is 1. The number of halogens is 5.